The maximum atomic E-state index is 13.4. The van der Waals surface area contributed by atoms with Gasteiger partial charge in [-0.25, -0.2) is 0 Å². The number of piperazine rings is 1. The van der Waals surface area contributed by atoms with Gasteiger partial charge in [-0.2, -0.15) is 0 Å². The number of fused-ring (bicyclic) bond motifs is 3. The maximum absolute atomic E-state index is 13.4. The monoisotopic (exact) mass is 465 g/mol. The number of carbonyl (C=O) groups excluding carboxylic acids is 1. The van der Waals surface area contributed by atoms with Crippen molar-refractivity contribution < 1.29 is 4.79 Å². The second-order valence-electron chi connectivity index (χ2n) is 7.32. The summed E-state index contributed by atoms with van der Waals surface area (Å²) in [6, 6.07) is 18.5. The molecule has 1 fully saturated rings. The number of benzene rings is 2. The summed E-state index contributed by atoms with van der Waals surface area (Å²) in [7, 11) is 0. The Morgan fingerprint density at radius 2 is 1.79 bits per heavy atom. The van der Waals surface area contributed by atoms with E-state index in [2.05, 4.69) is 56.1 Å². The minimum absolute atomic E-state index is 0.0815. The Morgan fingerprint density at radius 1 is 1.00 bits per heavy atom. The van der Waals surface area contributed by atoms with Crippen LogP contribution in [-0.2, 0) is 6.54 Å². The van der Waals surface area contributed by atoms with Crippen LogP contribution in [0.4, 0.5) is 0 Å². The molecule has 0 radical (unpaired) electrons. The van der Waals surface area contributed by atoms with Gasteiger partial charge in [0.05, 0.1) is 14.9 Å². The van der Waals surface area contributed by atoms with E-state index in [4.69, 9.17) is 0 Å². The van der Waals surface area contributed by atoms with Crippen molar-refractivity contribution in [2.75, 3.05) is 26.2 Å². The highest BCUT2D eigenvalue weighted by Gasteiger charge is 2.24. The van der Waals surface area contributed by atoms with Crippen LogP contribution in [0.2, 0.25) is 0 Å². The highest BCUT2D eigenvalue weighted by molar-refractivity contribution is 9.11. The van der Waals surface area contributed by atoms with E-state index in [1.807, 2.05) is 29.2 Å². The number of hydrogen-bond acceptors (Lipinski definition) is 4. The molecule has 1 saturated heterocycles. The van der Waals surface area contributed by atoms with E-state index in [0.717, 1.165) is 58.2 Å². The lowest BCUT2D eigenvalue weighted by Crippen LogP contribution is -2.48. The molecule has 1 aliphatic rings. The Labute approximate surface area is 181 Å². The Bertz CT molecular complexity index is 1200. The number of pyridine rings is 1. The van der Waals surface area contributed by atoms with Gasteiger partial charge in [0, 0.05) is 49.2 Å². The molecule has 1 amide bonds. The van der Waals surface area contributed by atoms with Crippen molar-refractivity contribution in [3.8, 4) is 0 Å². The second kappa shape index (κ2) is 7.86. The van der Waals surface area contributed by atoms with Gasteiger partial charge in [-0.05, 0) is 51.0 Å². The second-order valence-corrected chi connectivity index (χ2v) is 9.87. The Morgan fingerprint density at radius 3 is 2.59 bits per heavy atom. The summed E-state index contributed by atoms with van der Waals surface area (Å²) in [5.41, 5.74) is 1.50. The van der Waals surface area contributed by atoms with Crippen LogP contribution in [0.5, 0.6) is 0 Å². The number of halogens is 1. The molecule has 4 nitrogen and oxygen atoms in total. The molecule has 2 aromatic carbocycles. The number of thiophene rings is 1. The summed E-state index contributed by atoms with van der Waals surface area (Å²) < 4.78 is 1.16. The van der Waals surface area contributed by atoms with Crippen LogP contribution < -0.4 is 0 Å². The average molecular weight is 466 g/mol. The molecule has 6 heteroatoms. The van der Waals surface area contributed by atoms with Crippen LogP contribution >= 0.6 is 27.3 Å². The number of aromatic nitrogens is 1. The van der Waals surface area contributed by atoms with Crippen LogP contribution in [0.1, 0.15) is 15.2 Å². The number of amides is 1. The molecule has 2 aromatic heterocycles. The number of nitrogens with zero attached hydrogens (tertiary/aromatic N) is 3. The van der Waals surface area contributed by atoms with E-state index >= 15 is 0 Å². The van der Waals surface area contributed by atoms with Crippen molar-refractivity contribution in [3.63, 3.8) is 0 Å². The van der Waals surface area contributed by atoms with E-state index in [-0.39, 0.29) is 5.91 Å². The summed E-state index contributed by atoms with van der Waals surface area (Å²) >= 11 is 5.30. The van der Waals surface area contributed by atoms with Crippen molar-refractivity contribution in [3.05, 3.63) is 75.0 Å². The van der Waals surface area contributed by atoms with Crippen LogP contribution in [0.25, 0.3) is 21.7 Å². The zero-order chi connectivity index (χ0) is 19.8. The smallest absolute Gasteiger partial charge is 0.256 e. The number of carbonyl (C=O) groups is 1. The lowest BCUT2D eigenvalue weighted by atomic mass is 10.00. The Hall–Kier alpha value is -2.28. The van der Waals surface area contributed by atoms with Gasteiger partial charge in [0.2, 0.25) is 0 Å². The van der Waals surface area contributed by atoms with Crippen molar-refractivity contribution in [2.24, 2.45) is 0 Å². The lowest BCUT2D eigenvalue weighted by molar-refractivity contribution is 0.0631. The molecule has 0 unspecified atom stereocenters. The van der Waals surface area contributed by atoms with Gasteiger partial charge in [-0.1, -0.05) is 30.3 Å². The molecule has 0 bridgehead atoms. The predicted octanol–water partition coefficient (Wildman–Crippen LogP) is 5.17. The largest absolute Gasteiger partial charge is 0.336 e. The first-order valence-electron chi connectivity index (χ1n) is 9.71. The van der Waals surface area contributed by atoms with E-state index in [0.29, 0.717) is 5.56 Å². The van der Waals surface area contributed by atoms with Crippen molar-refractivity contribution >= 4 is 54.8 Å². The molecule has 0 spiro atoms. The van der Waals surface area contributed by atoms with Gasteiger partial charge in [0.1, 0.15) is 0 Å². The van der Waals surface area contributed by atoms with Gasteiger partial charge < -0.3 is 4.90 Å². The maximum Gasteiger partial charge on any atom is 0.256 e. The highest BCUT2D eigenvalue weighted by Crippen LogP contribution is 2.28. The molecule has 4 aromatic rings. The summed E-state index contributed by atoms with van der Waals surface area (Å²) in [4.78, 5) is 23.7. The average Bonchev–Trinajstić information content (AvgIpc) is 3.18. The third-order valence-corrected chi connectivity index (χ3v) is 7.12. The molecular weight excluding hydrogens is 446 g/mol. The molecule has 5 rings (SSSR count). The summed E-state index contributed by atoms with van der Waals surface area (Å²) in [6.45, 7) is 4.21. The zero-order valence-corrected chi connectivity index (χ0v) is 18.2. The van der Waals surface area contributed by atoms with E-state index in [9.17, 15) is 4.79 Å². The molecule has 0 atom stereocenters. The molecule has 3 heterocycles. The Kier molecular flexibility index (Phi) is 5.08. The lowest BCUT2D eigenvalue weighted by Gasteiger charge is -2.34. The quantitative estimate of drug-likeness (QED) is 0.391. The third-order valence-electron chi connectivity index (χ3n) is 5.51. The normalized spacial score (nSPS) is 15.3. The minimum Gasteiger partial charge on any atom is -0.336 e. The summed E-state index contributed by atoms with van der Waals surface area (Å²) in [5, 5.41) is 3.26. The minimum atomic E-state index is 0.0815. The SMILES string of the molecule is O=C(c1cc2ccccc2c2cccnc12)N1CCN(Cc2ccc(Br)s2)CC1. The number of rotatable bonds is 3. The summed E-state index contributed by atoms with van der Waals surface area (Å²) in [5.74, 6) is 0.0815. The van der Waals surface area contributed by atoms with Gasteiger partial charge in [-0.15, -0.1) is 11.3 Å². The van der Waals surface area contributed by atoms with Gasteiger partial charge >= 0.3 is 0 Å². The van der Waals surface area contributed by atoms with Gasteiger partial charge in [0.25, 0.3) is 5.91 Å². The molecule has 146 valence electrons. The standard InChI is InChI=1S/C23H20BrN3OS/c24-21-8-7-17(29-21)15-26-10-12-27(13-11-26)23(28)20-14-16-4-1-2-5-18(16)19-6-3-9-25-22(19)20/h1-9,14H,10-13,15H2. The fourth-order valence-corrected chi connectivity index (χ4v) is 5.55. The fourth-order valence-electron chi connectivity index (χ4n) is 4.03. The van der Waals surface area contributed by atoms with Crippen LogP contribution in [0, 0.1) is 0 Å². The van der Waals surface area contributed by atoms with E-state index in [1.54, 1.807) is 17.5 Å². The number of hydrogen-bond donors (Lipinski definition) is 0. The summed E-state index contributed by atoms with van der Waals surface area (Å²) in [6.07, 6.45) is 1.77. The molecular formula is C23H20BrN3OS. The first-order chi connectivity index (χ1) is 14.2. The van der Waals surface area contributed by atoms with Crippen molar-refractivity contribution in [1.82, 2.24) is 14.8 Å². The van der Waals surface area contributed by atoms with Crippen molar-refractivity contribution in [2.45, 2.75) is 6.54 Å². The predicted molar refractivity (Wildman–Crippen MR) is 122 cm³/mol. The molecule has 1 aliphatic heterocycles. The van der Waals surface area contributed by atoms with Gasteiger partial charge in [0.15, 0.2) is 0 Å². The third kappa shape index (κ3) is 3.68. The molecule has 0 saturated carbocycles. The van der Waals surface area contributed by atoms with E-state index < -0.39 is 0 Å². The van der Waals surface area contributed by atoms with Crippen LogP contribution in [-0.4, -0.2) is 46.9 Å². The van der Waals surface area contributed by atoms with E-state index in [1.165, 1.54) is 4.88 Å². The first-order valence-corrected chi connectivity index (χ1v) is 11.3. The van der Waals surface area contributed by atoms with Crippen LogP contribution in [0.15, 0.2) is 64.6 Å². The molecule has 0 aliphatic carbocycles. The molecule has 0 N–H and O–H groups in total. The fraction of sp³-hybridized carbons (Fsp3) is 0.217. The highest BCUT2D eigenvalue weighted by atomic mass is 79.9. The Balaban J connectivity index is 1.39. The first kappa shape index (κ1) is 18.7. The molecule has 29 heavy (non-hydrogen) atoms. The zero-order valence-electron chi connectivity index (χ0n) is 15.8. The van der Waals surface area contributed by atoms with Gasteiger partial charge in [-0.3, -0.25) is 14.7 Å². The van der Waals surface area contributed by atoms with Crippen molar-refractivity contribution in [1.29, 1.82) is 0 Å². The topological polar surface area (TPSA) is 36.4 Å². The van der Waals surface area contributed by atoms with Crippen LogP contribution in [0.3, 0.4) is 0 Å².